The molecule has 2 rings (SSSR count). The van der Waals surface area contributed by atoms with E-state index in [9.17, 15) is 5.11 Å². The van der Waals surface area contributed by atoms with Crippen LogP contribution in [0.4, 0.5) is 5.00 Å². The summed E-state index contributed by atoms with van der Waals surface area (Å²) in [7, 11) is 0. The number of thiophene rings is 1. The van der Waals surface area contributed by atoms with E-state index in [0.717, 1.165) is 17.8 Å². The first-order valence-electron chi connectivity index (χ1n) is 4.72. The minimum Gasteiger partial charge on any atom is -0.396 e. The summed E-state index contributed by atoms with van der Waals surface area (Å²) in [5.41, 5.74) is 8.43. The molecule has 0 saturated heterocycles. The zero-order chi connectivity index (χ0) is 9.42. The zero-order valence-electron chi connectivity index (χ0n) is 7.84. The quantitative estimate of drug-likeness (QED) is 0.723. The van der Waals surface area contributed by atoms with Crippen LogP contribution in [0.1, 0.15) is 34.8 Å². The van der Waals surface area contributed by atoms with Crippen molar-refractivity contribution in [3.8, 4) is 0 Å². The zero-order valence-corrected chi connectivity index (χ0v) is 8.66. The molecule has 1 aliphatic carbocycles. The molecule has 13 heavy (non-hydrogen) atoms. The number of rotatable bonds is 1. The molecule has 1 aromatic rings. The standard InChI is InChI=1S/C10H15NOS/c1-6-9-7(5-12)3-2-4-8(9)13-10(6)11/h7,12H,2-5,11H2,1H3. The first kappa shape index (κ1) is 9.03. The average Bonchev–Trinajstić information content (AvgIpc) is 2.43. The van der Waals surface area contributed by atoms with Gasteiger partial charge in [0.1, 0.15) is 0 Å². The lowest BCUT2D eigenvalue weighted by Gasteiger charge is -2.21. The molecule has 0 aromatic carbocycles. The van der Waals surface area contributed by atoms with Crippen LogP contribution < -0.4 is 5.73 Å². The highest BCUT2D eigenvalue weighted by atomic mass is 32.1. The van der Waals surface area contributed by atoms with E-state index in [1.54, 1.807) is 11.3 Å². The van der Waals surface area contributed by atoms with E-state index in [0.29, 0.717) is 5.92 Å². The van der Waals surface area contributed by atoms with Crippen molar-refractivity contribution in [2.45, 2.75) is 32.1 Å². The molecule has 1 atom stereocenters. The van der Waals surface area contributed by atoms with Gasteiger partial charge in [0, 0.05) is 17.4 Å². The Labute approximate surface area is 82.4 Å². The highest BCUT2D eigenvalue weighted by Crippen LogP contribution is 2.41. The molecule has 3 heteroatoms. The second-order valence-corrected chi connectivity index (χ2v) is 4.84. The monoisotopic (exact) mass is 197 g/mol. The molecule has 1 aliphatic rings. The number of hydrogen-bond acceptors (Lipinski definition) is 3. The van der Waals surface area contributed by atoms with Crippen LogP contribution in [0.5, 0.6) is 0 Å². The van der Waals surface area contributed by atoms with Gasteiger partial charge in [-0.15, -0.1) is 11.3 Å². The van der Waals surface area contributed by atoms with E-state index in [-0.39, 0.29) is 6.61 Å². The van der Waals surface area contributed by atoms with Gasteiger partial charge in [0.25, 0.3) is 0 Å². The van der Waals surface area contributed by atoms with Gasteiger partial charge in [0.05, 0.1) is 5.00 Å². The van der Waals surface area contributed by atoms with Gasteiger partial charge in [-0.2, -0.15) is 0 Å². The van der Waals surface area contributed by atoms with E-state index in [1.165, 1.54) is 22.4 Å². The van der Waals surface area contributed by atoms with E-state index in [1.807, 2.05) is 0 Å². The van der Waals surface area contributed by atoms with Crippen molar-refractivity contribution in [1.82, 2.24) is 0 Å². The van der Waals surface area contributed by atoms with Gasteiger partial charge in [-0.3, -0.25) is 0 Å². The van der Waals surface area contributed by atoms with Crippen LogP contribution in [-0.2, 0) is 6.42 Å². The lowest BCUT2D eigenvalue weighted by Crippen LogP contribution is -2.11. The SMILES string of the molecule is Cc1c(N)sc2c1C(CO)CCC2. The van der Waals surface area contributed by atoms with Gasteiger partial charge in [-0.1, -0.05) is 0 Å². The molecule has 3 N–H and O–H groups in total. The number of aryl methyl sites for hydroxylation is 1. The summed E-state index contributed by atoms with van der Waals surface area (Å²) in [4.78, 5) is 1.40. The summed E-state index contributed by atoms with van der Waals surface area (Å²) in [6, 6.07) is 0. The fraction of sp³-hybridized carbons (Fsp3) is 0.600. The summed E-state index contributed by atoms with van der Waals surface area (Å²) in [5.74, 6) is 0.345. The molecule has 0 amide bonds. The van der Waals surface area contributed by atoms with Crippen molar-refractivity contribution in [3.05, 3.63) is 16.0 Å². The molecule has 1 aromatic heterocycles. The van der Waals surface area contributed by atoms with Crippen LogP contribution >= 0.6 is 11.3 Å². The number of aliphatic hydroxyl groups is 1. The van der Waals surface area contributed by atoms with Gasteiger partial charge < -0.3 is 10.8 Å². The largest absolute Gasteiger partial charge is 0.396 e. The third-order valence-corrected chi connectivity index (χ3v) is 4.09. The Hall–Kier alpha value is -0.540. The molecule has 0 saturated carbocycles. The third-order valence-electron chi connectivity index (χ3n) is 2.89. The van der Waals surface area contributed by atoms with E-state index in [2.05, 4.69) is 6.92 Å². The summed E-state index contributed by atoms with van der Waals surface area (Å²) in [5, 5.41) is 10.2. The van der Waals surface area contributed by atoms with Crippen LogP contribution in [0, 0.1) is 6.92 Å². The van der Waals surface area contributed by atoms with E-state index >= 15 is 0 Å². The van der Waals surface area contributed by atoms with Crippen LogP contribution in [-0.4, -0.2) is 11.7 Å². The molecule has 0 aliphatic heterocycles. The van der Waals surface area contributed by atoms with Gasteiger partial charge >= 0.3 is 0 Å². The van der Waals surface area contributed by atoms with Crippen LogP contribution in [0.2, 0.25) is 0 Å². The molecule has 0 fully saturated rings. The van der Waals surface area contributed by atoms with Gasteiger partial charge in [0.15, 0.2) is 0 Å². The Morgan fingerprint density at radius 1 is 1.62 bits per heavy atom. The summed E-state index contributed by atoms with van der Waals surface area (Å²) in [6.45, 7) is 2.34. The summed E-state index contributed by atoms with van der Waals surface area (Å²) in [6.07, 6.45) is 3.45. The van der Waals surface area contributed by atoms with Crippen molar-refractivity contribution in [1.29, 1.82) is 0 Å². The second-order valence-electron chi connectivity index (χ2n) is 3.70. The Morgan fingerprint density at radius 2 is 2.38 bits per heavy atom. The maximum absolute atomic E-state index is 9.24. The first-order valence-corrected chi connectivity index (χ1v) is 5.54. The minimum atomic E-state index is 0.268. The van der Waals surface area contributed by atoms with Crippen LogP contribution in [0.3, 0.4) is 0 Å². The first-order chi connectivity index (χ1) is 6.24. The molecule has 1 unspecified atom stereocenters. The fourth-order valence-electron chi connectivity index (χ4n) is 2.16. The number of fused-ring (bicyclic) bond motifs is 1. The molecule has 2 nitrogen and oxygen atoms in total. The molecule has 0 radical (unpaired) electrons. The Kier molecular flexibility index (Phi) is 2.30. The van der Waals surface area contributed by atoms with Crippen molar-refractivity contribution in [2.75, 3.05) is 12.3 Å². The van der Waals surface area contributed by atoms with Crippen LogP contribution in [0.15, 0.2) is 0 Å². The predicted molar refractivity (Wildman–Crippen MR) is 56.2 cm³/mol. The topological polar surface area (TPSA) is 46.2 Å². The molecular weight excluding hydrogens is 182 g/mol. The maximum atomic E-state index is 9.24. The van der Waals surface area contributed by atoms with Gasteiger partial charge in [-0.05, 0) is 37.3 Å². The van der Waals surface area contributed by atoms with Crippen molar-refractivity contribution in [3.63, 3.8) is 0 Å². The maximum Gasteiger partial charge on any atom is 0.0891 e. The number of hydrogen-bond donors (Lipinski definition) is 2. The lowest BCUT2D eigenvalue weighted by molar-refractivity contribution is 0.253. The number of nitrogen functional groups attached to an aromatic ring is 1. The molecule has 0 bridgehead atoms. The number of nitrogens with two attached hydrogens (primary N) is 1. The average molecular weight is 197 g/mol. The van der Waals surface area contributed by atoms with Gasteiger partial charge in [-0.25, -0.2) is 0 Å². The normalized spacial score (nSPS) is 21.5. The smallest absolute Gasteiger partial charge is 0.0891 e. The molecule has 1 heterocycles. The third kappa shape index (κ3) is 1.36. The number of anilines is 1. The molecular formula is C10H15NOS. The Morgan fingerprint density at radius 3 is 3.08 bits per heavy atom. The Bertz CT molecular complexity index is 319. The summed E-state index contributed by atoms with van der Waals surface area (Å²) < 4.78 is 0. The molecule has 72 valence electrons. The highest BCUT2D eigenvalue weighted by Gasteiger charge is 2.24. The van der Waals surface area contributed by atoms with E-state index in [4.69, 9.17) is 5.73 Å². The fourth-order valence-corrected chi connectivity index (χ4v) is 3.37. The molecule has 0 spiro atoms. The Balaban J connectivity index is 2.47. The van der Waals surface area contributed by atoms with E-state index < -0.39 is 0 Å². The van der Waals surface area contributed by atoms with Crippen molar-refractivity contribution < 1.29 is 5.11 Å². The highest BCUT2D eigenvalue weighted by molar-refractivity contribution is 7.16. The summed E-state index contributed by atoms with van der Waals surface area (Å²) >= 11 is 1.70. The lowest BCUT2D eigenvalue weighted by atomic mass is 9.86. The van der Waals surface area contributed by atoms with Crippen molar-refractivity contribution >= 4 is 16.3 Å². The van der Waals surface area contributed by atoms with Crippen molar-refractivity contribution in [2.24, 2.45) is 0 Å². The minimum absolute atomic E-state index is 0.268. The van der Waals surface area contributed by atoms with Gasteiger partial charge in [0.2, 0.25) is 0 Å². The predicted octanol–water partition coefficient (Wildman–Crippen LogP) is 2.05. The second kappa shape index (κ2) is 3.31. The number of aliphatic hydroxyl groups excluding tert-OH is 1. The van der Waals surface area contributed by atoms with Crippen LogP contribution in [0.25, 0.3) is 0 Å².